The maximum atomic E-state index is 12.6. The van der Waals surface area contributed by atoms with Gasteiger partial charge in [-0.3, -0.25) is 9.59 Å². The number of carbonyl (C=O) groups is 2. The summed E-state index contributed by atoms with van der Waals surface area (Å²) in [4.78, 5) is 25.2. The molecule has 0 unspecified atom stereocenters. The zero-order chi connectivity index (χ0) is 18.4. The highest BCUT2D eigenvalue weighted by Crippen LogP contribution is 2.14. The fraction of sp³-hybridized carbons (Fsp3) is 0.130. The Morgan fingerprint density at radius 3 is 2.35 bits per heavy atom. The van der Waals surface area contributed by atoms with E-state index in [9.17, 15) is 9.59 Å². The summed E-state index contributed by atoms with van der Waals surface area (Å²) >= 11 is 0. The van der Waals surface area contributed by atoms with Crippen LogP contribution < -0.4 is 5.32 Å². The molecule has 3 aromatic rings. The number of amides is 1. The second kappa shape index (κ2) is 8.26. The molecule has 0 aliphatic heterocycles. The summed E-state index contributed by atoms with van der Waals surface area (Å²) < 4.78 is 0. The van der Waals surface area contributed by atoms with Gasteiger partial charge in [-0.2, -0.15) is 0 Å². The smallest absolute Gasteiger partial charge is 0.251 e. The van der Waals surface area contributed by atoms with Gasteiger partial charge in [0.25, 0.3) is 5.91 Å². The number of benzene rings is 3. The van der Waals surface area contributed by atoms with Crippen LogP contribution in [0.3, 0.4) is 0 Å². The highest BCUT2D eigenvalue weighted by atomic mass is 16.1. The number of ketones is 1. The lowest BCUT2D eigenvalue weighted by atomic mass is 9.97. The lowest BCUT2D eigenvalue weighted by Gasteiger charge is -2.10. The zero-order valence-electron chi connectivity index (χ0n) is 14.7. The molecular formula is C23H21NO2. The summed E-state index contributed by atoms with van der Waals surface area (Å²) in [5, 5.41) is 2.93. The minimum absolute atomic E-state index is 0.0111. The lowest BCUT2D eigenvalue weighted by molar-refractivity contribution is 0.0950. The van der Waals surface area contributed by atoms with E-state index in [2.05, 4.69) is 5.32 Å². The van der Waals surface area contributed by atoms with E-state index in [4.69, 9.17) is 0 Å². The number of Topliss-reactive ketones (excluding diaryl/α,β-unsaturated/α-hetero) is 1. The molecule has 0 saturated heterocycles. The fourth-order valence-electron chi connectivity index (χ4n) is 2.86. The van der Waals surface area contributed by atoms with Crippen molar-refractivity contribution in [2.24, 2.45) is 0 Å². The van der Waals surface area contributed by atoms with E-state index in [1.165, 1.54) is 0 Å². The van der Waals surface area contributed by atoms with Gasteiger partial charge in [0, 0.05) is 24.1 Å². The first-order valence-electron chi connectivity index (χ1n) is 8.63. The van der Waals surface area contributed by atoms with Crippen molar-refractivity contribution in [3.63, 3.8) is 0 Å². The van der Waals surface area contributed by atoms with Crippen molar-refractivity contribution in [3.05, 3.63) is 107 Å². The van der Waals surface area contributed by atoms with E-state index in [0.717, 1.165) is 16.7 Å². The van der Waals surface area contributed by atoms with Crippen LogP contribution in [0.5, 0.6) is 0 Å². The van der Waals surface area contributed by atoms with Gasteiger partial charge in [-0.25, -0.2) is 0 Å². The van der Waals surface area contributed by atoms with Gasteiger partial charge in [-0.15, -0.1) is 0 Å². The Kier molecular flexibility index (Phi) is 5.59. The Hall–Kier alpha value is -3.20. The van der Waals surface area contributed by atoms with E-state index in [-0.39, 0.29) is 18.1 Å². The number of hydrogen-bond acceptors (Lipinski definition) is 2. The van der Waals surface area contributed by atoms with E-state index in [1.54, 1.807) is 6.07 Å². The molecule has 3 nitrogen and oxygen atoms in total. The minimum Gasteiger partial charge on any atom is -0.348 e. The summed E-state index contributed by atoms with van der Waals surface area (Å²) in [5.41, 5.74) is 4.04. The second-order valence-corrected chi connectivity index (χ2v) is 6.29. The van der Waals surface area contributed by atoms with E-state index in [0.29, 0.717) is 17.7 Å². The molecule has 0 atom stereocenters. The van der Waals surface area contributed by atoms with E-state index in [1.807, 2.05) is 79.7 Å². The molecule has 130 valence electrons. The summed E-state index contributed by atoms with van der Waals surface area (Å²) in [6.45, 7) is 2.42. The van der Waals surface area contributed by atoms with Gasteiger partial charge in [0.1, 0.15) is 0 Å². The third-order valence-corrected chi connectivity index (χ3v) is 4.25. The van der Waals surface area contributed by atoms with Crippen LogP contribution in [0.2, 0.25) is 0 Å². The number of nitrogens with one attached hydrogen (secondary N) is 1. The maximum Gasteiger partial charge on any atom is 0.251 e. The normalized spacial score (nSPS) is 10.3. The van der Waals surface area contributed by atoms with Crippen molar-refractivity contribution < 1.29 is 9.59 Å². The van der Waals surface area contributed by atoms with Crippen molar-refractivity contribution in [1.29, 1.82) is 0 Å². The molecule has 26 heavy (non-hydrogen) atoms. The van der Waals surface area contributed by atoms with Gasteiger partial charge in [0.05, 0.1) is 0 Å². The summed E-state index contributed by atoms with van der Waals surface area (Å²) in [6, 6.07) is 24.6. The summed E-state index contributed by atoms with van der Waals surface area (Å²) in [6.07, 6.45) is 0.207. The Morgan fingerprint density at radius 2 is 1.58 bits per heavy atom. The van der Waals surface area contributed by atoms with Gasteiger partial charge >= 0.3 is 0 Å². The van der Waals surface area contributed by atoms with Gasteiger partial charge in [-0.05, 0) is 30.2 Å². The first-order valence-corrected chi connectivity index (χ1v) is 8.63. The van der Waals surface area contributed by atoms with Crippen LogP contribution in [0, 0.1) is 6.92 Å². The van der Waals surface area contributed by atoms with Crippen LogP contribution in [0.25, 0.3) is 0 Å². The third-order valence-electron chi connectivity index (χ3n) is 4.25. The predicted molar refractivity (Wildman–Crippen MR) is 103 cm³/mol. The van der Waals surface area contributed by atoms with Gasteiger partial charge in [0.15, 0.2) is 5.78 Å². The molecule has 3 heteroatoms. The van der Waals surface area contributed by atoms with E-state index >= 15 is 0 Å². The molecule has 1 amide bonds. The molecule has 3 rings (SSSR count). The first-order chi connectivity index (χ1) is 12.6. The van der Waals surface area contributed by atoms with E-state index < -0.39 is 0 Å². The monoisotopic (exact) mass is 343 g/mol. The van der Waals surface area contributed by atoms with Crippen molar-refractivity contribution in [3.8, 4) is 0 Å². The fourth-order valence-corrected chi connectivity index (χ4v) is 2.86. The third kappa shape index (κ3) is 4.45. The summed E-state index contributed by atoms with van der Waals surface area (Å²) in [5.74, 6) is -0.154. The van der Waals surface area contributed by atoms with Crippen molar-refractivity contribution >= 4 is 11.7 Å². The Morgan fingerprint density at radius 1 is 0.846 bits per heavy atom. The number of hydrogen-bond donors (Lipinski definition) is 1. The predicted octanol–water partition coefficient (Wildman–Crippen LogP) is 4.35. The second-order valence-electron chi connectivity index (χ2n) is 6.29. The number of rotatable bonds is 6. The van der Waals surface area contributed by atoms with Crippen LogP contribution in [0.15, 0.2) is 78.9 Å². The zero-order valence-corrected chi connectivity index (χ0v) is 14.7. The van der Waals surface area contributed by atoms with Gasteiger partial charge in [0.2, 0.25) is 0 Å². The molecular weight excluding hydrogens is 322 g/mol. The summed E-state index contributed by atoms with van der Waals surface area (Å²) in [7, 11) is 0. The minimum atomic E-state index is -0.165. The highest BCUT2D eigenvalue weighted by molar-refractivity contribution is 6.01. The molecule has 0 spiro atoms. The molecule has 0 fully saturated rings. The lowest BCUT2D eigenvalue weighted by Crippen LogP contribution is -2.24. The molecule has 0 aliphatic carbocycles. The van der Waals surface area contributed by atoms with Crippen LogP contribution in [0.1, 0.15) is 37.4 Å². The van der Waals surface area contributed by atoms with Crippen molar-refractivity contribution in [2.75, 3.05) is 0 Å². The molecule has 0 aliphatic rings. The SMILES string of the molecule is Cc1cccc(C(=O)Cc2ccccc2C(=O)NCc2ccccc2)c1. The van der Waals surface area contributed by atoms with Gasteiger partial charge < -0.3 is 5.32 Å². The molecule has 0 heterocycles. The average Bonchev–Trinajstić information content (AvgIpc) is 2.67. The maximum absolute atomic E-state index is 12.6. The first kappa shape index (κ1) is 17.6. The average molecular weight is 343 g/mol. The molecule has 0 aromatic heterocycles. The van der Waals surface area contributed by atoms with Crippen LogP contribution in [-0.2, 0) is 13.0 Å². The highest BCUT2D eigenvalue weighted by Gasteiger charge is 2.14. The van der Waals surface area contributed by atoms with Gasteiger partial charge in [-0.1, -0.05) is 72.3 Å². The number of carbonyl (C=O) groups excluding carboxylic acids is 2. The molecule has 3 aromatic carbocycles. The molecule has 0 saturated carbocycles. The van der Waals surface area contributed by atoms with Crippen LogP contribution in [0.4, 0.5) is 0 Å². The Labute approximate surface area is 153 Å². The van der Waals surface area contributed by atoms with Crippen molar-refractivity contribution in [2.45, 2.75) is 19.9 Å². The standard InChI is InChI=1S/C23H21NO2/c1-17-8-7-12-20(14-17)22(25)15-19-11-5-6-13-21(19)23(26)24-16-18-9-3-2-4-10-18/h2-14H,15-16H2,1H3,(H,24,26). The largest absolute Gasteiger partial charge is 0.348 e. The topological polar surface area (TPSA) is 46.2 Å². The number of aryl methyl sites for hydroxylation is 1. The van der Waals surface area contributed by atoms with Crippen LogP contribution >= 0.6 is 0 Å². The molecule has 1 N–H and O–H groups in total. The molecule has 0 radical (unpaired) electrons. The Bertz CT molecular complexity index is 916. The van der Waals surface area contributed by atoms with Crippen LogP contribution in [-0.4, -0.2) is 11.7 Å². The Balaban J connectivity index is 1.73. The van der Waals surface area contributed by atoms with Crippen molar-refractivity contribution in [1.82, 2.24) is 5.32 Å². The molecule has 0 bridgehead atoms. The quantitative estimate of drug-likeness (QED) is 0.676.